The molecule has 1 heterocycles. The zero-order valence-corrected chi connectivity index (χ0v) is 6.62. The van der Waals surface area contributed by atoms with Crippen molar-refractivity contribution in [1.29, 1.82) is 0 Å². The van der Waals surface area contributed by atoms with Crippen LogP contribution in [0.25, 0.3) is 0 Å². The molecule has 0 aromatic carbocycles. The number of hydrazine groups is 1. The van der Waals surface area contributed by atoms with Crippen LogP contribution in [-0.4, -0.2) is 43.9 Å². The highest BCUT2D eigenvalue weighted by atomic mass is 16.5. The van der Waals surface area contributed by atoms with Crippen molar-refractivity contribution in [3.8, 4) is 0 Å². The van der Waals surface area contributed by atoms with E-state index in [0.717, 1.165) is 32.8 Å². The van der Waals surface area contributed by atoms with Crippen LogP contribution in [0, 0.1) is 0 Å². The summed E-state index contributed by atoms with van der Waals surface area (Å²) < 4.78 is 5.18. The molecule has 5 heteroatoms. The molecule has 1 fully saturated rings. The third-order valence-corrected chi connectivity index (χ3v) is 1.77. The second-order valence-corrected chi connectivity index (χ2v) is 2.69. The number of nitrogens with zero attached hydrogens (tertiary/aromatic N) is 1. The fourth-order valence-corrected chi connectivity index (χ4v) is 1.11. The first kappa shape index (κ1) is 8.89. The van der Waals surface area contributed by atoms with Crippen LogP contribution >= 0.6 is 0 Å². The van der Waals surface area contributed by atoms with Crippen LogP contribution in [0.2, 0.25) is 0 Å². The number of hydrogen-bond donors (Lipinski definition) is 3. The number of rotatable bonds is 3. The summed E-state index contributed by atoms with van der Waals surface area (Å²) in [5.41, 5.74) is 8.09. The molecular weight excluding hydrogens is 144 g/mol. The molecule has 0 spiro atoms. The quantitative estimate of drug-likeness (QED) is 0.254. The van der Waals surface area contributed by atoms with E-state index in [1.54, 1.807) is 0 Å². The molecule has 66 valence electrons. The van der Waals surface area contributed by atoms with Crippen molar-refractivity contribution in [2.75, 3.05) is 32.8 Å². The molecule has 0 aromatic rings. The van der Waals surface area contributed by atoms with Crippen LogP contribution < -0.4 is 17.0 Å². The number of nitrogens with two attached hydrogens (primary N) is 2. The van der Waals surface area contributed by atoms with Crippen molar-refractivity contribution >= 4 is 0 Å². The highest BCUT2D eigenvalue weighted by Crippen LogP contribution is 1.95. The number of hydrogen-bond acceptors (Lipinski definition) is 5. The molecule has 0 amide bonds. The summed E-state index contributed by atoms with van der Waals surface area (Å²) in [5.74, 6) is 5.16. The van der Waals surface area contributed by atoms with Crippen molar-refractivity contribution < 1.29 is 4.74 Å². The molecule has 1 aliphatic heterocycles. The predicted octanol–water partition coefficient (Wildman–Crippen LogP) is -1.93. The van der Waals surface area contributed by atoms with Gasteiger partial charge in [-0.3, -0.25) is 10.7 Å². The van der Waals surface area contributed by atoms with Crippen LogP contribution in [0.1, 0.15) is 0 Å². The van der Waals surface area contributed by atoms with Crippen molar-refractivity contribution in [3.05, 3.63) is 0 Å². The lowest BCUT2D eigenvalue weighted by molar-refractivity contribution is 0.0338. The molecule has 0 bridgehead atoms. The predicted molar refractivity (Wildman–Crippen MR) is 42.6 cm³/mol. The van der Waals surface area contributed by atoms with E-state index in [-0.39, 0.29) is 6.17 Å². The first-order chi connectivity index (χ1) is 5.33. The molecule has 5 N–H and O–H groups in total. The first-order valence-electron chi connectivity index (χ1n) is 3.84. The largest absolute Gasteiger partial charge is 0.379 e. The number of ether oxygens (including phenoxy) is 1. The summed E-state index contributed by atoms with van der Waals surface area (Å²) in [5, 5.41) is 0. The van der Waals surface area contributed by atoms with Gasteiger partial charge in [-0.1, -0.05) is 0 Å². The molecule has 1 aliphatic rings. The minimum atomic E-state index is -0.131. The Balaban J connectivity index is 2.13. The van der Waals surface area contributed by atoms with E-state index in [1.807, 2.05) is 0 Å². The van der Waals surface area contributed by atoms with Crippen LogP contribution in [0.5, 0.6) is 0 Å². The molecule has 5 nitrogen and oxygen atoms in total. The van der Waals surface area contributed by atoms with Crippen LogP contribution in [0.4, 0.5) is 0 Å². The summed E-state index contributed by atoms with van der Waals surface area (Å²) in [6.45, 7) is 4.30. The van der Waals surface area contributed by atoms with Gasteiger partial charge in [-0.15, -0.1) is 0 Å². The summed E-state index contributed by atoms with van der Waals surface area (Å²) in [4.78, 5) is 2.23. The maximum Gasteiger partial charge on any atom is 0.0805 e. The Kier molecular flexibility index (Phi) is 3.74. The highest BCUT2D eigenvalue weighted by molar-refractivity contribution is 4.66. The Labute approximate surface area is 66.6 Å². The van der Waals surface area contributed by atoms with E-state index >= 15 is 0 Å². The average molecular weight is 160 g/mol. The average Bonchev–Trinajstić information content (AvgIpc) is 2.06. The van der Waals surface area contributed by atoms with Gasteiger partial charge in [-0.05, 0) is 0 Å². The van der Waals surface area contributed by atoms with Crippen LogP contribution in [-0.2, 0) is 4.74 Å². The molecule has 0 aromatic heterocycles. The van der Waals surface area contributed by atoms with E-state index in [9.17, 15) is 0 Å². The van der Waals surface area contributed by atoms with E-state index in [0.29, 0.717) is 0 Å². The van der Waals surface area contributed by atoms with Gasteiger partial charge in [0.25, 0.3) is 0 Å². The minimum absolute atomic E-state index is 0.131. The standard InChI is InChI=1S/C6H16N4O/c7-6(9-8)5-10-1-3-11-4-2-10/h6,9H,1-5,7-8H2. The van der Waals surface area contributed by atoms with E-state index < -0.39 is 0 Å². The van der Waals surface area contributed by atoms with E-state index in [1.165, 1.54) is 0 Å². The van der Waals surface area contributed by atoms with Crippen molar-refractivity contribution in [2.24, 2.45) is 11.6 Å². The second-order valence-electron chi connectivity index (χ2n) is 2.69. The third kappa shape index (κ3) is 3.13. The van der Waals surface area contributed by atoms with E-state index in [2.05, 4.69) is 10.3 Å². The van der Waals surface area contributed by atoms with Crippen molar-refractivity contribution in [2.45, 2.75) is 6.17 Å². The summed E-state index contributed by atoms with van der Waals surface area (Å²) >= 11 is 0. The van der Waals surface area contributed by atoms with Gasteiger partial charge in [0.05, 0.1) is 19.4 Å². The summed E-state index contributed by atoms with van der Waals surface area (Å²) in [6, 6.07) is 0. The van der Waals surface area contributed by atoms with Gasteiger partial charge in [0.15, 0.2) is 0 Å². The molecule has 1 unspecified atom stereocenters. The van der Waals surface area contributed by atoms with Crippen LogP contribution in [0.15, 0.2) is 0 Å². The van der Waals surface area contributed by atoms with Crippen molar-refractivity contribution in [1.82, 2.24) is 10.3 Å². The highest BCUT2D eigenvalue weighted by Gasteiger charge is 2.12. The zero-order chi connectivity index (χ0) is 8.10. The lowest BCUT2D eigenvalue weighted by atomic mass is 10.4. The van der Waals surface area contributed by atoms with Gasteiger partial charge in [-0.25, -0.2) is 5.43 Å². The Morgan fingerprint density at radius 3 is 2.64 bits per heavy atom. The topological polar surface area (TPSA) is 76.5 Å². The number of nitrogens with one attached hydrogen (secondary N) is 1. The molecule has 1 atom stereocenters. The smallest absolute Gasteiger partial charge is 0.0805 e. The lowest BCUT2D eigenvalue weighted by Gasteiger charge is -2.28. The first-order valence-corrected chi connectivity index (χ1v) is 3.84. The van der Waals surface area contributed by atoms with Gasteiger partial charge >= 0.3 is 0 Å². The molecule has 1 rings (SSSR count). The fourth-order valence-electron chi connectivity index (χ4n) is 1.11. The molecule has 1 saturated heterocycles. The second kappa shape index (κ2) is 4.63. The molecule has 0 saturated carbocycles. The van der Waals surface area contributed by atoms with Gasteiger partial charge in [0, 0.05) is 19.6 Å². The van der Waals surface area contributed by atoms with Crippen molar-refractivity contribution in [3.63, 3.8) is 0 Å². The van der Waals surface area contributed by atoms with Gasteiger partial charge < -0.3 is 10.5 Å². The van der Waals surface area contributed by atoms with Gasteiger partial charge in [0.1, 0.15) is 0 Å². The summed E-state index contributed by atoms with van der Waals surface area (Å²) in [6.07, 6.45) is -0.131. The Morgan fingerprint density at radius 2 is 2.09 bits per heavy atom. The molecule has 0 aliphatic carbocycles. The SMILES string of the molecule is NNC(N)CN1CCOCC1. The summed E-state index contributed by atoms with van der Waals surface area (Å²) in [7, 11) is 0. The Morgan fingerprint density at radius 1 is 1.45 bits per heavy atom. The van der Waals surface area contributed by atoms with Crippen LogP contribution in [0.3, 0.4) is 0 Å². The van der Waals surface area contributed by atoms with Gasteiger partial charge in [0.2, 0.25) is 0 Å². The monoisotopic (exact) mass is 160 g/mol. The fraction of sp³-hybridized carbons (Fsp3) is 1.00. The maximum absolute atomic E-state index is 5.59. The Bertz CT molecular complexity index is 105. The molecule has 11 heavy (non-hydrogen) atoms. The normalized spacial score (nSPS) is 23.5. The van der Waals surface area contributed by atoms with E-state index in [4.69, 9.17) is 16.3 Å². The minimum Gasteiger partial charge on any atom is -0.379 e. The maximum atomic E-state index is 5.59. The molecule has 0 radical (unpaired) electrons. The molecular formula is C6H16N4O. The number of morpholine rings is 1. The Hall–Kier alpha value is -0.200. The zero-order valence-electron chi connectivity index (χ0n) is 6.62. The third-order valence-electron chi connectivity index (χ3n) is 1.77. The lowest BCUT2D eigenvalue weighted by Crippen LogP contribution is -2.52. The van der Waals surface area contributed by atoms with Gasteiger partial charge in [-0.2, -0.15) is 0 Å².